The molecular weight excluding hydrogens is 302 g/mol. The fourth-order valence-corrected chi connectivity index (χ4v) is 2.23. The highest BCUT2D eigenvalue weighted by Gasteiger charge is 2.23. The van der Waals surface area contributed by atoms with Gasteiger partial charge in [0.15, 0.2) is 0 Å². The number of benzene rings is 1. The molecule has 1 fully saturated rings. The van der Waals surface area contributed by atoms with Crippen LogP contribution in [0.2, 0.25) is 5.02 Å². The third-order valence-corrected chi connectivity index (χ3v) is 3.67. The third kappa shape index (κ3) is 6.45. The van der Waals surface area contributed by atoms with Crippen molar-refractivity contribution in [1.29, 1.82) is 0 Å². The number of carbonyl (C=O) groups is 2. The lowest BCUT2D eigenvalue weighted by molar-refractivity contribution is -0.124. The molecule has 1 aromatic rings. The Kier molecular flexibility index (Phi) is 6.21. The van der Waals surface area contributed by atoms with E-state index in [1.807, 2.05) is 24.3 Å². The zero-order chi connectivity index (χ0) is 15.9. The predicted octanol–water partition coefficient (Wildman–Crippen LogP) is 1.21. The summed E-state index contributed by atoms with van der Waals surface area (Å²) in [6.45, 7) is 1.04. The van der Waals surface area contributed by atoms with E-state index in [-0.39, 0.29) is 24.9 Å². The van der Waals surface area contributed by atoms with E-state index in [0.29, 0.717) is 17.6 Å². The van der Waals surface area contributed by atoms with Crippen LogP contribution in [0.1, 0.15) is 18.4 Å². The molecule has 0 atom stereocenters. The average molecular weight is 324 g/mol. The number of halogens is 1. The molecule has 1 saturated carbocycles. The van der Waals surface area contributed by atoms with Gasteiger partial charge < -0.3 is 10.6 Å². The fraction of sp³-hybridized carbons (Fsp3) is 0.500. The van der Waals surface area contributed by atoms with E-state index < -0.39 is 0 Å². The van der Waals surface area contributed by atoms with E-state index in [0.717, 1.165) is 24.8 Å². The monoisotopic (exact) mass is 323 g/mol. The molecule has 2 rings (SSSR count). The number of hydrogen-bond donors (Lipinski definition) is 2. The van der Waals surface area contributed by atoms with E-state index in [1.54, 1.807) is 11.9 Å². The van der Waals surface area contributed by atoms with Gasteiger partial charge in [-0.25, -0.2) is 0 Å². The predicted molar refractivity (Wildman–Crippen MR) is 86.8 cm³/mol. The first-order chi connectivity index (χ1) is 10.5. The highest BCUT2D eigenvalue weighted by molar-refractivity contribution is 6.30. The van der Waals surface area contributed by atoms with Crippen LogP contribution in [0.5, 0.6) is 0 Å². The molecule has 0 saturated heterocycles. The molecular formula is C16H22ClN3O2. The largest absolute Gasteiger partial charge is 0.355 e. The quantitative estimate of drug-likeness (QED) is 0.756. The van der Waals surface area contributed by atoms with Crippen molar-refractivity contribution in [1.82, 2.24) is 15.5 Å². The summed E-state index contributed by atoms with van der Waals surface area (Å²) in [6, 6.07) is 7.93. The number of hydrogen-bond acceptors (Lipinski definition) is 3. The first-order valence-electron chi connectivity index (χ1n) is 7.52. The van der Waals surface area contributed by atoms with E-state index >= 15 is 0 Å². The summed E-state index contributed by atoms with van der Waals surface area (Å²) in [6.07, 6.45) is 2.90. The molecule has 1 aliphatic rings. The van der Waals surface area contributed by atoms with E-state index in [1.165, 1.54) is 0 Å². The van der Waals surface area contributed by atoms with Gasteiger partial charge in [0.2, 0.25) is 11.8 Å². The first kappa shape index (κ1) is 16.8. The van der Waals surface area contributed by atoms with Gasteiger partial charge in [0.1, 0.15) is 0 Å². The summed E-state index contributed by atoms with van der Waals surface area (Å²) in [4.78, 5) is 25.1. The van der Waals surface area contributed by atoms with Gasteiger partial charge in [-0.05, 0) is 44.0 Å². The minimum Gasteiger partial charge on any atom is -0.355 e. The van der Waals surface area contributed by atoms with Crippen LogP contribution in [-0.4, -0.2) is 49.4 Å². The average Bonchev–Trinajstić information content (AvgIpc) is 3.24. The van der Waals surface area contributed by atoms with Crippen molar-refractivity contribution in [2.24, 2.45) is 0 Å². The summed E-state index contributed by atoms with van der Waals surface area (Å²) in [5, 5.41) is 6.47. The van der Waals surface area contributed by atoms with Crippen LogP contribution < -0.4 is 10.6 Å². The minimum absolute atomic E-state index is 0.0148. The maximum Gasteiger partial charge on any atom is 0.234 e. The Morgan fingerprint density at radius 3 is 2.45 bits per heavy atom. The van der Waals surface area contributed by atoms with E-state index in [9.17, 15) is 9.59 Å². The number of likely N-dealkylation sites (N-methyl/N-ethyl adjacent to an activating group) is 1. The molecule has 6 heteroatoms. The van der Waals surface area contributed by atoms with Crippen molar-refractivity contribution in [3.8, 4) is 0 Å². The van der Waals surface area contributed by atoms with Crippen LogP contribution >= 0.6 is 11.6 Å². The smallest absolute Gasteiger partial charge is 0.234 e. The Morgan fingerprint density at radius 2 is 1.82 bits per heavy atom. The van der Waals surface area contributed by atoms with Crippen LogP contribution in [0.4, 0.5) is 0 Å². The molecule has 0 unspecified atom stereocenters. The maximum absolute atomic E-state index is 11.8. The SMILES string of the molecule is CN(CC(=O)NCCc1ccc(Cl)cc1)CC(=O)NC1CC1. The van der Waals surface area contributed by atoms with Crippen LogP contribution in [0, 0.1) is 0 Å². The number of nitrogens with zero attached hydrogens (tertiary/aromatic N) is 1. The Balaban J connectivity index is 1.60. The molecule has 0 bridgehead atoms. The lowest BCUT2D eigenvalue weighted by Gasteiger charge is -2.15. The lowest BCUT2D eigenvalue weighted by Crippen LogP contribution is -2.41. The zero-order valence-corrected chi connectivity index (χ0v) is 13.5. The van der Waals surface area contributed by atoms with Crippen molar-refractivity contribution >= 4 is 23.4 Å². The summed E-state index contributed by atoms with van der Waals surface area (Å²) in [7, 11) is 1.77. The van der Waals surface area contributed by atoms with Crippen molar-refractivity contribution in [2.75, 3.05) is 26.7 Å². The second-order valence-corrected chi connectivity index (χ2v) is 6.18. The number of rotatable bonds is 8. The van der Waals surface area contributed by atoms with Gasteiger partial charge >= 0.3 is 0 Å². The van der Waals surface area contributed by atoms with Gasteiger partial charge in [-0.15, -0.1) is 0 Å². The summed E-state index contributed by atoms with van der Waals surface area (Å²) in [5.41, 5.74) is 1.13. The van der Waals surface area contributed by atoms with Gasteiger partial charge in [0.05, 0.1) is 13.1 Å². The fourth-order valence-electron chi connectivity index (χ4n) is 2.10. The van der Waals surface area contributed by atoms with Crippen molar-refractivity contribution in [3.63, 3.8) is 0 Å². The molecule has 0 radical (unpaired) electrons. The highest BCUT2D eigenvalue weighted by Crippen LogP contribution is 2.18. The summed E-state index contributed by atoms with van der Waals surface area (Å²) in [5.74, 6) is -0.0883. The molecule has 2 N–H and O–H groups in total. The summed E-state index contributed by atoms with van der Waals surface area (Å²) < 4.78 is 0. The van der Waals surface area contributed by atoms with Gasteiger partial charge in [-0.1, -0.05) is 23.7 Å². The molecule has 1 aliphatic carbocycles. The minimum atomic E-state index is -0.0734. The molecule has 0 aliphatic heterocycles. The molecule has 0 spiro atoms. The van der Waals surface area contributed by atoms with Crippen LogP contribution in [0.3, 0.4) is 0 Å². The second-order valence-electron chi connectivity index (χ2n) is 5.74. The van der Waals surface area contributed by atoms with Crippen LogP contribution in [0.15, 0.2) is 24.3 Å². The normalized spacial score (nSPS) is 14.0. The lowest BCUT2D eigenvalue weighted by atomic mass is 10.1. The second kappa shape index (κ2) is 8.15. The van der Waals surface area contributed by atoms with Crippen molar-refractivity contribution in [3.05, 3.63) is 34.9 Å². The summed E-state index contributed by atoms with van der Waals surface area (Å²) >= 11 is 5.82. The molecule has 0 aromatic heterocycles. The Bertz CT molecular complexity index is 515. The van der Waals surface area contributed by atoms with Crippen molar-refractivity contribution in [2.45, 2.75) is 25.3 Å². The molecule has 1 aromatic carbocycles. The Morgan fingerprint density at radius 1 is 1.18 bits per heavy atom. The van der Waals surface area contributed by atoms with Crippen LogP contribution in [0.25, 0.3) is 0 Å². The third-order valence-electron chi connectivity index (χ3n) is 3.42. The Hall–Kier alpha value is -1.59. The van der Waals surface area contributed by atoms with Gasteiger partial charge in [0, 0.05) is 17.6 Å². The Labute approximate surface area is 136 Å². The number of amides is 2. The standard InChI is InChI=1S/C16H22ClN3O2/c1-20(11-16(22)19-14-6-7-14)10-15(21)18-9-8-12-2-4-13(17)5-3-12/h2-5,14H,6-11H2,1H3,(H,18,21)(H,19,22). The maximum atomic E-state index is 11.8. The molecule has 2 amide bonds. The number of nitrogens with one attached hydrogen (secondary N) is 2. The van der Waals surface area contributed by atoms with Gasteiger partial charge in [-0.3, -0.25) is 14.5 Å². The van der Waals surface area contributed by atoms with E-state index in [2.05, 4.69) is 10.6 Å². The molecule has 22 heavy (non-hydrogen) atoms. The highest BCUT2D eigenvalue weighted by atomic mass is 35.5. The van der Waals surface area contributed by atoms with E-state index in [4.69, 9.17) is 11.6 Å². The first-order valence-corrected chi connectivity index (χ1v) is 7.90. The topological polar surface area (TPSA) is 61.4 Å². The van der Waals surface area contributed by atoms with Crippen molar-refractivity contribution < 1.29 is 9.59 Å². The van der Waals surface area contributed by atoms with Gasteiger partial charge in [-0.2, -0.15) is 0 Å². The van der Waals surface area contributed by atoms with Gasteiger partial charge in [0.25, 0.3) is 0 Å². The number of carbonyl (C=O) groups excluding carboxylic acids is 2. The molecule has 120 valence electrons. The van der Waals surface area contributed by atoms with Crippen LogP contribution in [-0.2, 0) is 16.0 Å². The zero-order valence-electron chi connectivity index (χ0n) is 12.8. The molecule has 0 heterocycles. The molecule has 5 nitrogen and oxygen atoms in total.